The van der Waals surface area contributed by atoms with Crippen molar-refractivity contribution in [2.45, 2.75) is 20.8 Å². The fourth-order valence-corrected chi connectivity index (χ4v) is 4.66. The summed E-state index contributed by atoms with van der Waals surface area (Å²) in [6, 6.07) is 12.4. The van der Waals surface area contributed by atoms with Gasteiger partial charge in [-0.15, -0.1) is 0 Å². The molecule has 33 heavy (non-hydrogen) atoms. The molecule has 0 saturated carbocycles. The van der Waals surface area contributed by atoms with Gasteiger partial charge in [-0.3, -0.25) is 4.98 Å². The first kappa shape index (κ1) is 19.4. The predicted molar refractivity (Wildman–Crippen MR) is 128 cm³/mol. The van der Waals surface area contributed by atoms with Gasteiger partial charge in [-0.25, -0.2) is 9.97 Å². The first-order chi connectivity index (χ1) is 16.0. The summed E-state index contributed by atoms with van der Waals surface area (Å²) in [4.78, 5) is 17.2. The molecule has 0 fully saturated rings. The number of nitrogens with one attached hydrogen (secondary N) is 1. The first-order valence-corrected chi connectivity index (χ1v) is 10.7. The number of H-pyrrole nitrogens is 1. The van der Waals surface area contributed by atoms with Crippen molar-refractivity contribution in [2.75, 3.05) is 7.11 Å². The third-order valence-electron chi connectivity index (χ3n) is 6.16. The minimum Gasteiger partial charge on any atom is -0.496 e. The van der Waals surface area contributed by atoms with E-state index in [1.165, 1.54) is 5.56 Å². The number of methoxy groups -OCH3 is 1. The van der Waals surface area contributed by atoms with E-state index in [9.17, 15) is 0 Å². The van der Waals surface area contributed by atoms with Crippen molar-refractivity contribution in [3.63, 3.8) is 0 Å². The van der Waals surface area contributed by atoms with E-state index >= 15 is 0 Å². The number of hydrogen-bond acceptors (Lipinski definition) is 6. The van der Waals surface area contributed by atoms with Crippen LogP contribution in [0.5, 0.6) is 5.75 Å². The third-order valence-corrected chi connectivity index (χ3v) is 6.16. The lowest BCUT2D eigenvalue weighted by Gasteiger charge is -2.10. The summed E-state index contributed by atoms with van der Waals surface area (Å²) in [5.41, 5.74) is 8.38. The number of fused-ring (bicyclic) bond motifs is 4. The number of aromatic amines is 1. The monoisotopic (exact) mass is 435 g/mol. The van der Waals surface area contributed by atoms with Gasteiger partial charge >= 0.3 is 0 Å². The molecule has 6 rings (SSSR count). The maximum Gasteiger partial charge on any atom is 0.142 e. The summed E-state index contributed by atoms with van der Waals surface area (Å²) in [6.07, 6.45) is 3.42. The van der Waals surface area contributed by atoms with E-state index in [1.807, 2.05) is 38.2 Å². The predicted octanol–water partition coefficient (Wildman–Crippen LogP) is 5.92. The summed E-state index contributed by atoms with van der Waals surface area (Å²) in [5, 5.41) is 7.11. The zero-order valence-electron chi connectivity index (χ0n) is 18.7. The molecule has 1 N–H and O–H groups in total. The number of rotatable bonds is 3. The van der Waals surface area contributed by atoms with Crippen molar-refractivity contribution < 1.29 is 9.26 Å². The molecule has 0 atom stereocenters. The Morgan fingerprint density at radius 2 is 1.79 bits per heavy atom. The van der Waals surface area contributed by atoms with Crippen LogP contribution >= 0.6 is 0 Å². The molecule has 0 radical (unpaired) electrons. The van der Waals surface area contributed by atoms with Crippen molar-refractivity contribution in [3.8, 4) is 28.1 Å². The van der Waals surface area contributed by atoms with E-state index in [-0.39, 0.29) is 0 Å². The number of aryl methyl sites for hydroxylation is 3. The average molecular weight is 435 g/mol. The van der Waals surface area contributed by atoms with Gasteiger partial charge < -0.3 is 14.2 Å². The van der Waals surface area contributed by atoms with E-state index in [0.29, 0.717) is 0 Å². The molecule has 7 heteroatoms. The fourth-order valence-electron chi connectivity index (χ4n) is 4.66. The van der Waals surface area contributed by atoms with Crippen LogP contribution in [0.3, 0.4) is 0 Å². The number of ether oxygens (including phenoxy) is 1. The Morgan fingerprint density at radius 1 is 0.909 bits per heavy atom. The molecular formula is C26H21N5O2. The standard InChI is InChI=1S/C26H21N5O2/c1-13-5-6-20-17(9-13)16(7-8-27-20)25-24-18-11-22(32-4)19(23-14(2)31-33-15(23)3)10-21(18)30-26(24)29-12-28-25/h5-12H,1-4H3,(H,28,29,30). The second kappa shape index (κ2) is 7.13. The average Bonchev–Trinajstić information content (AvgIpc) is 3.36. The number of pyridine rings is 1. The highest BCUT2D eigenvalue weighted by atomic mass is 16.5. The van der Waals surface area contributed by atoms with Gasteiger partial charge in [0.25, 0.3) is 0 Å². The second-order valence-electron chi connectivity index (χ2n) is 8.25. The lowest BCUT2D eigenvalue weighted by atomic mass is 9.98. The van der Waals surface area contributed by atoms with Gasteiger partial charge in [0.2, 0.25) is 0 Å². The van der Waals surface area contributed by atoms with Crippen molar-refractivity contribution in [3.05, 3.63) is 65.9 Å². The summed E-state index contributed by atoms with van der Waals surface area (Å²) >= 11 is 0. The van der Waals surface area contributed by atoms with Gasteiger partial charge in [-0.1, -0.05) is 16.8 Å². The van der Waals surface area contributed by atoms with E-state index < -0.39 is 0 Å². The minimum absolute atomic E-state index is 0.739. The maximum absolute atomic E-state index is 5.80. The Hall–Kier alpha value is -4.26. The molecule has 162 valence electrons. The Balaban J connectivity index is 1.69. The van der Waals surface area contributed by atoms with Crippen LogP contribution in [0, 0.1) is 20.8 Å². The largest absolute Gasteiger partial charge is 0.496 e. The van der Waals surface area contributed by atoms with Crippen LogP contribution in [0.4, 0.5) is 0 Å². The van der Waals surface area contributed by atoms with Gasteiger partial charge in [0.15, 0.2) is 0 Å². The van der Waals surface area contributed by atoms with Crippen LogP contribution in [-0.4, -0.2) is 32.2 Å². The Labute approximate surface area is 189 Å². The van der Waals surface area contributed by atoms with Crippen LogP contribution in [0.15, 0.2) is 53.4 Å². The SMILES string of the molecule is COc1cc2c(cc1-c1c(C)noc1C)[nH]c1ncnc(-c3ccnc4ccc(C)cc34)c12. The summed E-state index contributed by atoms with van der Waals surface area (Å²) in [6.45, 7) is 5.92. The fraction of sp³-hybridized carbons (Fsp3) is 0.154. The van der Waals surface area contributed by atoms with Gasteiger partial charge in [-0.05, 0) is 51.1 Å². The molecule has 0 aliphatic carbocycles. The zero-order chi connectivity index (χ0) is 22.7. The van der Waals surface area contributed by atoms with E-state index in [0.717, 1.165) is 72.4 Å². The molecule has 0 spiro atoms. The molecule has 7 nitrogen and oxygen atoms in total. The van der Waals surface area contributed by atoms with Crippen LogP contribution in [0.2, 0.25) is 0 Å². The Kier molecular flexibility index (Phi) is 4.20. The molecule has 0 amide bonds. The lowest BCUT2D eigenvalue weighted by Crippen LogP contribution is -1.92. The molecule has 0 saturated heterocycles. The molecule has 0 aliphatic rings. The van der Waals surface area contributed by atoms with Crippen LogP contribution in [-0.2, 0) is 0 Å². The zero-order valence-corrected chi connectivity index (χ0v) is 18.7. The van der Waals surface area contributed by atoms with Gasteiger partial charge in [0.05, 0.1) is 35.0 Å². The molecule has 0 bridgehead atoms. The van der Waals surface area contributed by atoms with Crippen molar-refractivity contribution >= 4 is 32.8 Å². The molecule has 4 heterocycles. The highest BCUT2D eigenvalue weighted by molar-refractivity contribution is 6.15. The molecule has 4 aromatic heterocycles. The molecule has 0 aliphatic heterocycles. The van der Waals surface area contributed by atoms with E-state index in [4.69, 9.17) is 14.2 Å². The van der Waals surface area contributed by atoms with Crippen molar-refractivity contribution in [2.24, 2.45) is 0 Å². The molecule has 0 unspecified atom stereocenters. The topological polar surface area (TPSA) is 89.7 Å². The van der Waals surface area contributed by atoms with E-state index in [1.54, 1.807) is 13.4 Å². The lowest BCUT2D eigenvalue weighted by molar-refractivity contribution is 0.393. The quantitative estimate of drug-likeness (QED) is 0.371. The molecule has 2 aromatic carbocycles. The molecular weight excluding hydrogens is 414 g/mol. The third kappa shape index (κ3) is 2.89. The Morgan fingerprint density at radius 3 is 2.58 bits per heavy atom. The van der Waals surface area contributed by atoms with Crippen LogP contribution in [0.25, 0.3) is 55.2 Å². The number of nitrogens with zero attached hydrogens (tertiary/aromatic N) is 4. The van der Waals surface area contributed by atoms with Crippen LogP contribution < -0.4 is 4.74 Å². The number of hydrogen-bond donors (Lipinski definition) is 1. The number of aromatic nitrogens is 5. The molecule has 6 aromatic rings. The van der Waals surface area contributed by atoms with Gasteiger partial charge in [0, 0.05) is 33.6 Å². The maximum atomic E-state index is 5.80. The second-order valence-corrected chi connectivity index (χ2v) is 8.25. The minimum atomic E-state index is 0.739. The van der Waals surface area contributed by atoms with Crippen LogP contribution in [0.1, 0.15) is 17.0 Å². The normalized spacial score (nSPS) is 11.6. The number of benzene rings is 2. The highest BCUT2D eigenvalue weighted by Crippen LogP contribution is 2.41. The summed E-state index contributed by atoms with van der Waals surface area (Å²) in [7, 11) is 1.67. The van der Waals surface area contributed by atoms with Crippen molar-refractivity contribution in [1.29, 1.82) is 0 Å². The smallest absolute Gasteiger partial charge is 0.142 e. The van der Waals surface area contributed by atoms with Gasteiger partial charge in [-0.2, -0.15) is 0 Å². The summed E-state index contributed by atoms with van der Waals surface area (Å²) in [5.74, 6) is 1.49. The van der Waals surface area contributed by atoms with Gasteiger partial charge in [0.1, 0.15) is 23.5 Å². The van der Waals surface area contributed by atoms with E-state index in [2.05, 4.69) is 45.2 Å². The Bertz CT molecular complexity index is 1680. The van der Waals surface area contributed by atoms with Crippen molar-refractivity contribution in [1.82, 2.24) is 25.1 Å². The summed E-state index contributed by atoms with van der Waals surface area (Å²) < 4.78 is 11.2. The first-order valence-electron chi connectivity index (χ1n) is 10.7. The highest BCUT2D eigenvalue weighted by Gasteiger charge is 2.21.